The van der Waals surface area contributed by atoms with Gasteiger partial charge in [0.15, 0.2) is 0 Å². The number of aromatic nitrogens is 3. The Balaban J connectivity index is 2.24. The lowest BCUT2D eigenvalue weighted by Crippen LogP contribution is -2.12. The number of hydrogen-bond donors (Lipinski definition) is 2. The Morgan fingerprint density at radius 3 is 2.90 bits per heavy atom. The minimum Gasteiger partial charge on any atom is -0.478 e. The molecule has 0 fully saturated rings. The van der Waals surface area contributed by atoms with Gasteiger partial charge in [-0.2, -0.15) is 0 Å². The van der Waals surface area contributed by atoms with E-state index in [0.29, 0.717) is 5.52 Å². The fraction of sp³-hybridized carbons (Fsp3) is 0.286. The zero-order valence-corrected chi connectivity index (χ0v) is 13.3. The molecule has 0 spiro atoms. The van der Waals surface area contributed by atoms with Crippen LogP contribution in [-0.2, 0) is 13.5 Å². The monoisotopic (exact) mass is 350 g/mol. The zero-order chi connectivity index (χ0) is 15.1. The number of nitrogens with one attached hydrogen (secondary N) is 1. The fourth-order valence-electron chi connectivity index (χ4n) is 2.52. The molecule has 6 nitrogen and oxygen atoms in total. The molecule has 0 radical (unpaired) electrons. The third kappa shape index (κ3) is 2.13. The molecule has 7 heteroatoms. The average Bonchev–Trinajstić information content (AvgIpc) is 2.94. The molecule has 0 saturated carbocycles. The Bertz CT molecular complexity index is 850. The van der Waals surface area contributed by atoms with E-state index in [9.17, 15) is 4.79 Å². The molecular formula is C14H15BrN4O2. The molecule has 0 aliphatic rings. The lowest BCUT2D eigenvalue weighted by atomic mass is 10.2. The normalized spacial score (nSPS) is 11.6. The number of likely N-dealkylation sites (N-methyl/N-ethyl adjacent to an activating group) is 1. The van der Waals surface area contributed by atoms with E-state index in [0.717, 1.165) is 34.6 Å². The Labute approximate surface area is 129 Å². The molecule has 0 amide bonds. The van der Waals surface area contributed by atoms with Crippen molar-refractivity contribution < 1.29 is 9.90 Å². The number of carboxylic acids is 1. The van der Waals surface area contributed by atoms with Crippen molar-refractivity contribution in [2.24, 2.45) is 7.05 Å². The van der Waals surface area contributed by atoms with E-state index in [1.807, 2.05) is 23.1 Å². The van der Waals surface area contributed by atoms with Gasteiger partial charge in [-0.25, -0.2) is 9.78 Å². The molecule has 2 N–H and O–H groups in total. The minimum absolute atomic E-state index is 0.248. The molecule has 0 bridgehead atoms. The van der Waals surface area contributed by atoms with E-state index in [2.05, 4.69) is 26.2 Å². The molecule has 21 heavy (non-hydrogen) atoms. The topological polar surface area (TPSA) is 71.6 Å². The van der Waals surface area contributed by atoms with Gasteiger partial charge in [-0.3, -0.25) is 4.40 Å². The molecule has 2 aromatic heterocycles. The van der Waals surface area contributed by atoms with Crippen molar-refractivity contribution in [1.29, 1.82) is 0 Å². The van der Waals surface area contributed by atoms with Crippen molar-refractivity contribution in [2.75, 3.05) is 13.6 Å². The summed E-state index contributed by atoms with van der Waals surface area (Å²) in [7, 11) is 3.89. The van der Waals surface area contributed by atoms with E-state index >= 15 is 0 Å². The molecule has 3 aromatic rings. The summed E-state index contributed by atoms with van der Waals surface area (Å²) in [6, 6.07) is 5.00. The first-order chi connectivity index (χ1) is 10.0. The van der Waals surface area contributed by atoms with Crippen molar-refractivity contribution in [2.45, 2.75) is 6.42 Å². The van der Waals surface area contributed by atoms with Crippen LogP contribution in [0.5, 0.6) is 0 Å². The predicted molar refractivity (Wildman–Crippen MR) is 84.0 cm³/mol. The third-order valence-electron chi connectivity index (χ3n) is 3.63. The van der Waals surface area contributed by atoms with Crippen LogP contribution in [0.4, 0.5) is 0 Å². The lowest BCUT2D eigenvalue weighted by molar-refractivity contribution is 0.0697. The second-order valence-electron chi connectivity index (χ2n) is 4.91. The molecule has 0 atom stereocenters. The second-order valence-corrected chi connectivity index (χ2v) is 5.66. The zero-order valence-electron chi connectivity index (χ0n) is 11.7. The van der Waals surface area contributed by atoms with Gasteiger partial charge in [-0.15, -0.1) is 0 Å². The number of carboxylic acid groups (broad SMARTS) is 1. The number of fused-ring (bicyclic) bond motifs is 3. The van der Waals surface area contributed by atoms with Gasteiger partial charge in [0.1, 0.15) is 4.60 Å². The van der Waals surface area contributed by atoms with E-state index in [4.69, 9.17) is 5.11 Å². The van der Waals surface area contributed by atoms with Crippen LogP contribution in [0.25, 0.3) is 16.8 Å². The van der Waals surface area contributed by atoms with Crippen molar-refractivity contribution in [3.8, 4) is 0 Å². The number of nitrogens with zero attached hydrogens (tertiary/aromatic N) is 3. The first-order valence-electron chi connectivity index (χ1n) is 6.57. The average molecular weight is 351 g/mol. The summed E-state index contributed by atoms with van der Waals surface area (Å²) in [5.41, 5.74) is 2.98. The number of aromatic carboxylic acids is 1. The SMILES string of the molecule is CNCCc1c(Br)n2c3ccc(C(=O)O)cc3nc2n1C. The first kappa shape index (κ1) is 14.1. The van der Waals surface area contributed by atoms with Gasteiger partial charge in [0.05, 0.1) is 22.3 Å². The standard InChI is InChI=1S/C14H15BrN4O2/c1-16-6-5-11-12(15)19-10-4-3-8(13(20)21)7-9(10)17-14(19)18(11)2/h3-4,7,16H,5-6H2,1-2H3,(H,20,21). The van der Waals surface area contributed by atoms with Crippen LogP contribution in [0, 0.1) is 0 Å². The highest BCUT2D eigenvalue weighted by Gasteiger charge is 2.18. The van der Waals surface area contributed by atoms with Gasteiger partial charge in [0.25, 0.3) is 0 Å². The van der Waals surface area contributed by atoms with Gasteiger partial charge in [-0.05, 0) is 41.2 Å². The highest BCUT2D eigenvalue weighted by atomic mass is 79.9. The molecule has 2 heterocycles. The van der Waals surface area contributed by atoms with Gasteiger partial charge in [0, 0.05) is 20.0 Å². The number of halogens is 1. The molecule has 0 aliphatic heterocycles. The minimum atomic E-state index is -0.942. The van der Waals surface area contributed by atoms with E-state index < -0.39 is 5.97 Å². The molecule has 0 aliphatic carbocycles. The molecule has 110 valence electrons. The van der Waals surface area contributed by atoms with E-state index in [-0.39, 0.29) is 5.56 Å². The number of hydrogen-bond acceptors (Lipinski definition) is 3. The molecule has 3 rings (SSSR count). The number of aryl methyl sites for hydroxylation is 1. The Hall–Kier alpha value is -1.86. The molecule has 1 aromatic carbocycles. The maximum absolute atomic E-state index is 11.0. The van der Waals surface area contributed by atoms with Gasteiger partial charge < -0.3 is 15.0 Å². The number of carbonyl (C=O) groups is 1. The van der Waals surface area contributed by atoms with Crippen molar-refractivity contribution in [1.82, 2.24) is 19.3 Å². The highest BCUT2D eigenvalue weighted by molar-refractivity contribution is 9.10. The summed E-state index contributed by atoms with van der Waals surface area (Å²) < 4.78 is 4.99. The van der Waals surface area contributed by atoms with Gasteiger partial charge in [-0.1, -0.05) is 0 Å². The third-order valence-corrected chi connectivity index (χ3v) is 4.45. The molecule has 0 saturated heterocycles. The largest absolute Gasteiger partial charge is 0.478 e. The van der Waals surface area contributed by atoms with Gasteiger partial charge in [0.2, 0.25) is 5.78 Å². The second kappa shape index (κ2) is 5.16. The maximum Gasteiger partial charge on any atom is 0.335 e. The fourth-order valence-corrected chi connectivity index (χ4v) is 3.34. The Morgan fingerprint density at radius 1 is 1.48 bits per heavy atom. The van der Waals surface area contributed by atoms with Crippen LogP contribution in [0.2, 0.25) is 0 Å². The van der Waals surface area contributed by atoms with Crippen LogP contribution in [0.3, 0.4) is 0 Å². The number of benzene rings is 1. The van der Waals surface area contributed by atoms with E-state index in [1.165, 1.54) is 0 Å². The predicted octanol–water partition coefficient (Wildman–Crippen LogP) is 2.05. The van der Waals surface area contributed by atoms with Crippen LogP contribution in [-0.4, -0.2) is 38.6 Å². The summed E-state index contributed by atoms with van der Waals surface area (Å²) in [5.74, 6) is -0.145. The van der Waals surface area contributed by atoms with Crippen molar-refractivity contribution >= 4 is 38.7 Å². The van der Waals surface area contributed by atoms with Crippen LogP contribution >= 0.6 is 15.9 Å². The first-order valence-corrected chi connectivity index (χ1v) is 7.37. The summed E-state index contributed by atoms with van der Waals surface area (Å²) in [6.45, 7) is 0.876. The van der Waals surface area contributed by atoms with Crippen molar-refractivity contribution in [3.63, 3.8) is 0 Å². The van der Waals surface area contributed by atoms with Crippen LogP contribution in [0.1, 0.15) is 16.1 Å². The molecular weight excluding hydrogens is 336 g/mol. The maximum atomic E-state index is 11.0. The summed E-state index contributed by atoms with van der Waals surface area (Å²) in [4.78, 5) is 15.6. The molecule has 0 unspecified atom stereocenters. The Morgan fingerprint density at radius 2 is 2.24 bits per heavy atom. The van der Waals surface area contributed by atoms with Crippen molar-refractivity contribution in [3.05, 3.63) is 34.1 Å². The van der Waals surface area contributed by atoms with Gasteiger partial charge >= 0.3 is 5.97 Å². The summed E-state index contributed by atoms with van der Waals surface area (Å²) in [5, 5.41) is 12.2. The number of imidazole rings is 2. The summed E-state index contributed by atoms with van der Waals surface area (Å²) in [6.07, 6.45) is 0.881. The van der Waals surface area contributed by atoms with Crippen LogP contribution < -0.4 is 5.32 Å². The van der Waals surface area contributed by atoms with E-state index in [1.54, 1.807) is 18.2 Å². The lowest BCUT2D eigenvalue weighted by Gasteiger charge is -2.03. The Kier molecular flexibility index (Phi) is 3.46. The quantitative estimate of drug-likeness (QED) is 0.755. The number of rotatable bonds is 4. The smallest absolute Gasteiger partial charge is 0.335 e. The summed E-state index contributed by atoms with van der Waals surface area (Å²) >= 11 is 3.64. The van der Waals surface area contributed by atoms with Crippen LogP contribution in [0.15, 0.2) is 22.8 Å². The highest BCUT2D eigenvalue weighted by Crippen LogP contribution is 2.27.